The molecule has 0 aliphatic carbocycles. The van der Waals surface area contributed by atoms with E-state index in [0.717, 1.165) is 16.9 Å². The lowest BCUT2D eigenvalue weighted by Crippen LogP contribution is -2.57. The van der Waals surface area contributed by atoms with Crippen LogP contribution in [0.25, 0.3) is 0 Å². The summed E-state index contributed by atoms with van der Waals surface area (Å²) in [6.07, 6.45) is 0.742. The van der Waals surface area contributed by atoms with E-state index in [4.69, 9.17) is 16.3 Å². The number of nitrogens with zero attached hydrogens (tertiary/aromatic N) is 2. The van der Waals surface area contributed by atoms with Crippen LogP contribution < -0.4 is 15.4 Å². The van der Waals surface area contributed by atoms with Crippen molar-refractivity contribution in [1.82, 2.24) is 20.4 Å². The monoisotopic (exact) mass is 498 g/mol. The van der Waals surface area contributed by atoms with E-state index in [1.807, 2.05) is 42.2 Å². The Morgan fingerprint density at radius 1 is 1.11 bits per heavy atom. The van der Waals surface area contributed by atoms with Crippen LogP contribution in [-0.2, 0) is 27.3 Å². The van der Waals surface area contributed by atoms with Crippen molar-refractivity contribution < 1.29 is 19.1 Å². The molecule has 0 saturated heterocycles. The van der Waals surface area contributed by atoms with Crippen LogP contribution in [0.5, 0.6) is 5.75 Å². The molecule has 0 bridgehead atoms. The van der Waals surface area contributed by atoms with Crippen LogP contribution >= 0.6 is 11.6 Å². The summed E-state index contributed by atoms with van der Waals surface area (Å²) in [5.41, 5.74) is 1.77. The minimum absolute atomic E-state index is 0.0990. The van der Waals surface area contributed by atoms with Crippen molar-refractivity contribution in [3.05, 3.63) is 76.4 Å². The highest BCUT2D eigenvalue weighted by molar-refractivity contribution is 6.30. The van der Waals surface area contributed by atoms with Gasteiger partial charge in [-0.25, -0.2) is 4.90 Å². The van der Waals surface area contributed by atoms with Crippen molar-refractivity contribution in [2.75, 3.05) is 13.1 Å². The fourth-order valence-corrected chi connectivity index (χ4v) is 4.12. The topological polar surface area (TPSA) is 91.0 Å². The summed E-state index contributed by atoms with van der Waals surface area (Å²) in [6, 6.07) is 14.5. The molecule has 0 spiro atoms. The van der Waals surface area contributed by atoms with E-state index in [0.29, 0.717) is 35.2 Å². The highest BCUT2D eigenvalue weighted by atomic mass is 35.5. The number of benzene rings is 2. The van der Waals surface area contributed by atoms with E-state index in [-0.39, 0.29) is 24.2 Å². The molecule has 3 amide bonds. The van der Waals surface area contributed by atoms with Gasteiger partial charge in [-0.2, -0.15) is 0 Å². The molecule has 2 aromatic carbocycles. The van der Waals surface area contributed by atoms with Gasteiger partial charge in [-0.15, -0.1) is 0 Å². The summed E-state index contributed by atoms with van der Waals surface area (Å²) in [4.78, 5) is 40.2. The first kappa shape index (κ1) is 26.1. The maximum atomic E-state index is 13.2. The molecular weight excluding hydrogens is 468 g/mol. The van der Waals surface area contributed by atoms with Crippen molar-refractivity contribution in [2.24, 2.45) is 0 Å². The van der Waals surface area contributed by atoms with Gasteiger partial charge in [0.2, 0.25) is 11.8 Å². The summed E-state index contributed by atoms with van der Waals surface area (Å²) in [7, 11) is 0. The lowest BCUT2D eigenvalue weighted by molar-refractivity contribution is -0.148. The first-order valence-electron chi connectivity index (χ1n) is 11.6. The zero-order valence-corrected chi connectivity index (χ0v) is 21.2. The van der Waals surface area contributed by atoms with E-state index >= 15 is 0 Å². The van der Waals surface area contributed by atoms with Gasteiger partial charge >= 0.3 is 0 Å². The van der Waals surface area contributed by atoms with Crippen molar-refractivity contribution in [3.63, 3.8) is 0 Å². The average molecular weight is 499 g/mol. The third-order valence-electron chi connectivity index (χ3n) is 5.70. The zero-order chi connectivity index (χ0) is 25.5. The van der Waals surface area contributed by atoms with E-state index in [9.17, 15) is 14.4 Å². The van der Waals surface area contributed by atoms with Crippen molar-refractivity contribution in [2.45, 2.75) is 46.7 Å². The van der Waals surface area contributed by atoms with E-state index < -0.39 is 11.9 Å². The van der Waals surface area contributed by atoms with E-state index in [1.54, 1.807) is 25.1 Å². The molecule has 0 saturated carbocycles. The molecular formula is C26H31ClN4O4. The molecule has 1 atom stereocenters. The van der Waals surface area contributed by atoms with Crippen LogP contribution in [0.3, 0.4) is 0 Å². The summed E-state index contributed by atoms with van der Waals surface area (Å²) in [5, 5.41) is 6.60. The predicted molar refractivity (Wildman–Crippen MR) is 134 cm³/mol. The Balaban J connectivity index is 2.02. The van der Waals surface area contributed by atoms with E-state index in [1.165, 1.54) is 13.8 Å². The molecule has 1 aliphatic heterocycles. The maximum Gasteiger partial charge on any atom is 0.258 e. The summed E-state index contributed by atoms with van der Waals surface area (Å²) < 4.78 is 6.26. The lowest BCUT2D eigenvalue weighted by atomic mass is 10.1. The van der Waals surface area contributed by atoms with Gasteiger partial charge in [0, 0.05) is 44.1 Å². The molecule has 8 nitrogen and oxygen atoms in total. The number of carbonyl (C=O) groups excluding carboxylic acids is 3. The number of likely N-dealkylation sites (N-methyl/N-ethyl adjacent to an activating group) is 1. The molecule has 0 radical (unpaired) electrons. The smallest absolute Gasteiger partial charge is 0.258 e. The van der Waals surface area contributed by atoms with Crippen molar-refractivity contribution in [3.8, 4) is 5.75 Å². The molecule has 1 aliphatic rings. The van der Waals surface area contributed by atoms with Crippen LogP contribution in [0.1, 0.15) is 38.8 Å². The summed E-state index contributed by atoms with van der Waals surface area (Å²) in [6.45, 7) is 7.72. The Morgan fingerprint density at radius 2 is 1.83 bits per heavy atom. The zero-order valence-electron chi connectivity index (χ0n) is 20.4. The van der Waals surface area contributed by atoms with Gasteiger partial charge in [-0.05, 0) is 44.0 Å². The summed E-state index contributed by atoms with van der Waals surface area (Å²) >= 11 is 6.18. The Bertz CT molecular complexity index is 1120. The second-order valence-electron chi connectivity index (χ2n) is 8.23. The Labute approximate surface area is 210 Å². The van der Waals surface area contributed by atoms with Crippen LogP contribution in [0, 0.1) is 0 Å². The maximum absolute atomic E-state index is 13.2. The number of imide groups is 1. The largest absolute Gasteiger partial charge is 0.436 e. The van der Waals surface area contributed by atoms with Crippen LogP contribution in [0.15, 0.2) is 60.2 Å². The fraction of sp³-hybridized carbons (Fsp3) is 0.346. The predicted octanol–water partition coefficient (Wildman–Crippen LogP) is 3.41. The van der Waals surface area contributed by atoms with Crippen molar-refractivity contribution >= 4 is 29.3 Å². The SMILES string of the molecule is CCN1C(NCCc2ccccc2)=C(Oc2ccc(Cl)cc2CNC(C)=O)N(C(C)=O)C(=O)C1C. The number of hydrogen-bond acceptors (Lipinski definition) is 6. The highest BCUT2D eigenvalue weighted by Crippen LogP contribution is 2.30. The first-order valence-corrected chi connectivity index (χ1v) is 11.9. The van der Waals surface area contributed by atoms with Crippen molar-refractivity contribution in [1.29, 1.82) is 0 Å². The average Bonchev–Trinajstić information content (AvgIpc) is 2.82. The molecule has 3 rings (SSSR count). The third-order valence-corrected chi connectivity index (χ3v) is 5.93. The molecule has 1 heterocycles. The Morgan fingerprint density at radius 3 is 2.46 bits per heavy atom. The minimum atomic E-state index is -0.556. The normalized spacial score (nSPS) is 15.8. The lowest BCUT2D eigenvalue weighted by Gasteiger charge is -2.41. The van der Waals surface area contributed by atoms with Gasteiger partial charge < -0.3 is 20.3 Å². The molecule has 2 aromatic rings. The quantitative estimate of drug-likeness (QED) is 0.550. The van der Waals surface area contributed by atoms with Gasteiger partial charge in [0.25, 0.3) is 11.8 Å². The number of carbonyl (C=O) groups is 3. The summed E-state index contributed by atoms with van der Waals surface area (Å²) in [5.74, 6) is -0.00602. The second kappa shape index (κ2) is 11.8. The number of nitrogens with one attached hydrogen (secondary N) is 2. The van der Waals surface area contributed by atoms with Gasteiger partial charge in [0.15, 0.2) is 5.82 Å². The minimum Gasteiger partial charge on any atom is -0.436 e. The number of amides is 3. The first-order chi connectivity index (χ1) is 16.7. The number of rotatable bonds is 9. The fourth-order valence-electron chi connectivity index (χ4n) is 3.92. The molecule has 186 valence electrons. The molecule has 0 fully saturated rings. The van der Waals surface area contributed by atoms with E-state index in [2.05, 4.69) is 10.6 Å². The van der Waals surface area contributed by atoms with Crippen LogP contribution in [0.2, 0.25) is 5.02 Å². The molecule has 0 aromatic heterocycles. The van der Waals surface area contributed by atoms with Gasteiger partial charge in [-0.1, -0.05) is 41.9 Å². The van der Waals surface area contributed by atoms with Gasteiger partial charge in [-0.3, -0.25) is 14.4 Å². The molecule has 9 heteroatoms. The molecule has 1 unspecified atom stereocenters. The number of hydrogen-bond donors (Lipinski definition) is 2. The second-order valence-corrected chi connectivity index (χ2v) is 8.67. The Hall–Kier alpha value is -3.52. The molecule has 2 N–H and O–H groups in total. The number of halogens is 1. The Kier molecular flexibility index (Phi) is 8.76. The standard InChI is InChI=1S/C26H31ClN4O4/c1-5-30-17(2)25(34)31(19(4)33)26(24(30)28-14-13-20-9-7-6-8-10-20)35-23-12-11-22(27)15-21(23)16-29-18(3)32/h6-12,15,17,28H,5,13-14,16H2,1-4H3,(H,29,32). The number of ether oxygens (including phenoxy) is 1. The van der Waals surface area contributed by atoms with Crippen LogP contribution in [-0.4, -0.2) is 46.7 Å². The van der Waals surface area contributed by atoms with Gasteiger partial charge in [0.1, 0.15) is 11.8 Å². The van der Waals surface area contributed by atoms with Crippen LogP contribution in [0.4, 0.5) is 0 Å². The third kappa shape index (κ3) is 6.33. The highest BCUT2D eigenvalue weighted by Gasteiger charge is 2.41. The van der Waals surface area contributed by atoms with Gasteiger partial charge in [0.05, 0.1) is 0 Å². The molecule has 35 heavy (non-hydrogen) atoms.